The fourth-order valence-electron chi connectivity index (χ4n) is 2.54. The second-order valence-corrected chi connectivity index (χ2v) is 7.06. The van der Waals surface area contributed by atoms with Crippen molar-refractivity contribution in [1.29, 1.82) is 0 Å². The van der Waals surface area contributed by atoms with E-state index in [1.807, 2.05) is 13.8 Å². The highest BCUT2D eigenvalue weighted by molar-refractivity contribution is 7.13. The fraction of sp³-hybridized carbons (Fsp3) is 0.500. The molecule has 0 saturated heterocycles. The van der Waals surface area contributed by atoms with Crippen LogP contribution in [0.1, 0.15) is 32.3 Å². The topological polar surface area (TPSA) is 146 Å². The first-order valence-corrected chi connectivity index (χ1v) is 9.66. The molecule has 7 N–H and O–H groups in total. The molecule has 2 unspecified atom stereocenters. The first-order valence-electron chi connectivity index (χ1n) is 9.09. The zero-order valence-electron chi connectivity index (χ0n) is 16.2. The molecule has 0 fully saturated rings. The summed E-state index contributed by atoms with van der Waals surface area (Å²) in [6.07, 6.45) is 0.791. The van der Waals surface area contributed by atoms with Crippen molar-refractivity contribution >= 4 is 32.9 Å². The third-order valence-corrected chi connectivity index (χ3v) is 4.49. The van der Waals surface area contributed by atoms with Gasteiger partial charge in [-0.3, -0.25) is 14.7 Å². The van der Waals surface area contributed by atoms with E-state index in [0.29, 0.717) is 25.1 Å². The van der Waals surface area contributed by atoms with Crippen LogP contribution in [0.4, 0.5) is 10.5 Å². The van der Waals surface area contributed by atoms with Crippen LogP contribution in [0.3, 0.4) is 0 Å². The molecule has 156 valence electrons. The third-order valence-electron chi connectivity index (χ3n) is 4.13. The Morgan fingerprint density at radius 3 is 2.29 bits per heavy atom. The molecule has 0 spiro atoms. The molecule has 9 nitrogen and oxygen atoms in total. The lowest BCUT2D eigenvalue weighted by atomic mass is 10.0. The van der Waals surface area contributed by atoms with Crippen molar-refractivity contribution in [3.63, 3.8) is 0 Å². The number of carbonyl (C=O) groups excluding carboxylic acids is 3. The van der Waals surface area contributed by atoms with Crippen LogP contribution in [0.2, 0.25) is 0 Å². The number of primary amides is 1. The van der Waals surface area contributed by atoms with Gasteiger partial charge in [-0.05, 0) is 36.5 Å². The van der Waals surface area contributed by atoms with Crippen molar-refractivity contribution in [3.05, 3.63) is 29.8 Å². The van der Waals surface area contributed by atoms with Crippen molar-refractivity contribution < 1.29 is 19.5 Å². The van der Waals surface area contributed by atoms with Crippen LogP contribution >= 0.6 is 9.39 Å². The van der Waals surface area contributed by atoms with E-state index >= 15 is 0 Å². The van der Waals surface area contributed by atoms with E-state index in [4.69, 9.17) is 10.8 Å². The first kappa shape index (κ1) is 23.8. The average molecular weight is 411 g/mol. The summed E-state index contributed by atoms with van der Waals surface area (Å²) >= 11 is 0. The van der Waals surface area contributed by atoms with Crippen LogP contribution in [-0.2, 0) is 16.2 Å². The minimum absolute atomic E-state index is 0.0313. The third kappa shape index (κ3) is 8.21. The molecule has 3 atom stereocenters. The van der Waals surface area contributed by atoms with Crippen LogP contribution in [0.15, 0.2) is 24.3 Å². The van der Waals surface area contributed by atoms with E-state index in [1.165, 1.54) is 0 Å². The molecule has 1 rings (SSSR count). The van der Waals surface area contributed by atoms with Crippen molar-refractivity contribution in [1.82, 2.24) is 15.7 Å². The molecule has 0 radical (unpaired) electrons. The number of benzene rings is 1. The summed E-state index contributed by atoms with van der Waals surface area (Å²) < 4.78 is 0. The summed E-state index contributed by atoms with van der Waals surface area (Å²) in [5.41, 5.74) is 6.32. The predicted molar refractivity (Wildman–Crippen MR) is 111 cm³/mol. The van der Waals surface area contributed by atoms with E-state index in [0.717, 1.165) is 5.56 Å². The molecular formula is C18H30N5O4P. The van der Waals surface area contributed by atoms with Gasteiger partial charge < -0.3 is 26.8 Å². The molecule has 0 aromatic heterocycles. The Kier molecular flexibility index (Phi) is 10.4. The summed E-state index contributed by atoms with van der Waals surface area (Å²) in [4.78, 5) is 36.0. The Morgan fingerprint density at radius 2 is 1.79 bits per heavy atom. The van der Waals surface area contributed by atoms with Crippen molar-refractivity contribution in [2.75, 3.05) is 11.9 Å². The minimum Gasteiger partial charge on any atom is -0.392 e. The summed E-state index contributed by atoms with van der Waals surface area (Å²) in [6, 6.07) is 4.88. The number of nitrogens with one attached hydrogen (secondary N) is 4. The maximum atomic E-state index is 12.7. The number of carbonyl (C=O) groups is 3. The number of rotatable bonds is 11. The van der Waals surface area contributed by atoms with Gasteiger partial charge in [-0.1, -0.05) is 35.4 Å². The van der Waals surface area contributed by atoms with Gasteiger partial charge in [0.15, 0.2) is 0 Å². The molecule has 1 aromatic rings. The van der Waals surface area contributed by atoms with Gasteiger partial charge >= 0.3 is 6.03 Å². The van der Waals surface area contributed by atoms with Gasteiger partial charge in [-0.25, -0.2) is 4.79 Å². The number of aliphatic hydroxyl groups is 1. The van der Waals surface area contributed by atoms with Gasteiger partial charge in [0.2, 0.25) is 11.8 Å². The lowest BCUT2D eigenvalue weighted by Gasteiger charge is -2.24. The quantitative estimate of drug-likeness (QED) is 0.231. The second kappa shape index (κ2) is 12.3. The standard InChI is InChI=1S/C18H30N5O4P/c1-11(2)15(23-28)17(26)22-14(4-3-9-20-18(19)27)16(25)21-13-7-5-12(10-24)6-8-13/h5-8,11,14-15,23-24H,3-4,9-10,28H2,1-2H3,(H,21,25)(H,22,26)(H3,19,20,27)/t14-,15?/m0/s1. The number of nitrogens with two attached hydrogens (primary N) is 1. The molecule has 0 bridgehead atoms. The largest absolute Gasteiger partial charge is 0.392 e. The Morgan fingerprint density at radius 1 is 1.14 bits per heavy atom. The number of amides is 4. The predicted octanol–water partition coefficient (Wildman–Crippen LogP) is 0.455. The maximum absolute atomic E-state index is 12.7. The van der Waals surface area contributed by atoms with Crippen molar-refractivity contribution in [2.24, 2.45) is 11.7 Å². The Bertz CT molecular complexity index is 654. The molecule has 0 saturated carbocycles. The van der Waals surface area contributed by atoms with Gasteiger partial charge in [0.05, 0.1) is 12.6 Å². The highest BCUT2D eigenvalue weighted by Crippen LogP contribution is 2.12. The number of aliphatic hydroxyl groups excluding tert-OH is 1. The highest BCUT2D eigenvalue weighted by Gasteiger charge is 2.26. The summed E-state index contributed by atoms with van der Waals surface area (Å²) in [7, 11) is 2.32. The molecule has 4 amide bonds. The van der Waals surface area contributed by atoms with Gasteiger partial charge in [0.25, 0.3) is 0 Å². The van der Waals surface area contributed by atoms with Gasteiger partial charge in [0, 0.05) is 12.2 Å². The number of hydrogen-bond acceptors (Lipinski definition) is 5. The lowest BCUT2D eigenvalue weighted by Crippen LogP contribution is -2.51. The van der Waals surface area contributed by atoms with E-state index in [9.17, 15) is 14.4 Å². The number of urea groups is 1. The normalized spacial score (nSPS) is 12.9. The van der Waals surface area contributed by atoms with E-state index in [-0.39, 0.29) is 24.3 Å². The van der Waals surface area contributed by atoms with Crippen LogP contribution in [0.5, 0.6) is 0 Å². The molecule has 1 aromatic carbocycles. The van der Waals surface area contributed by atoms with E-state index in [1.54, 1.807) is 24.3 Å². The Hall–Kier alpha value is -2.22. The first-order chi connectivity index (χ1) is 13.3. The molecular weight excluding hydrogens is 381 g/mol. The Labute approximate surface area is 167 Å². The van der Waals surface area contributed by atoms with Gasteiger partial charge in [-0.15, -0.1) is 0 Å². The van der Waals surface area contributed by atoms with Crippen molar-refractivity contribution in [2.45, 2.75) is 45.4 Å². The minimum atomic E-state index is -0.778. The molecule has 0 aliphatic carbocycles. The summed E-state index contributed by atoms with van der Waals surface area (Å²) in [6.45, 7) is 4.01. The van der Waals surface area contributed by atoms with E-state index < -0.39 is 18.1 Å². The molecule has 0 aliphatic rings. The lowest BCUT2D eigenvalue weighted by molar-refractivity contribution is -0.128. The molecule has 28 heavy (non-hydrogen) atoms. The maximum Gasteiger partial charge on any atom is 0.312 e. The second-order valence-electron chi connectivity index (χ2n) is 6.73. The van der Waals surface area contributed by atoms with E-state index in [2.05, 4.69) is 30.4 Å². The monoisotopic (exact) mass is 411 g/mol. The highest BCUT2D eigenvalue weighted by atomic mass is 31.0. The summed E-state index contributed by atoms with van der Waals surface area (Å²) in [5.74, 6) is -0.622. The van der Waals surface area contributed by atoms with Crippen LogP contribution < -0.4 is 26.8 Å². The number of anilines is 1. The average Bonchev–Trinajstić information content (AvgIpc) is 2.64. The molecule has 0 aliphatic heterocycles. The molecule has 0 heterocycles. The summed E-state index contributed by atoms with van der Waals surface area (Å²) in [5, 5.41) is 20.0. The van der Waals surface area contributed by atoms with Crippen molar-refractivity contribution in [3.8, 4) is 0 Å². The zero-order valence-corrected chi connectivity index (χ0v) is 17.4. The van der Waals surface area contributed by atoms with Crippen LogP contribution in [0, 0.1) is 5.92 Å². The fourth-order valence-corrected chi connectivity index (χ4v) is 3.08. The SMILES string of the molecule is CC(C)C(NP)C(=O)N[C@@H](CCCNC(N)=O)C(=O)Nc1ccc(CO)cc1. The van der Waals surface area contributed by atoms with Gasteiger partial charge in [0.1, 0.15) is 6.04 Å². The Balaban J connectivity index is 2.80. The van der Waals surface area contributed by atoms with Crippen LogP contribution in [0.25, 0.3) is 0 Å². The smallest absolute Gasteiger partial charge is 0.312 e. The van der Waals surface area contributed by atoms with Gasteiger partial charge in [-0.2, -0.15) is 0 Å². The number of hydrogen-bond donors (Lipinski definition) is 6. The molecule has 10 heteroatoms. The zero-order chi connectivity index (χ0) is 21.1. The van der Waals surface area contributed by atoms with Crippen LogP contribution in [-0.4, -0.2) is 41.6 Å².